The van der Waals surface area contributed by atoms with Crippen molar-refractivity contribution in [3.63, 3.8) is 0 Å². The number of esters is 1. The van der Waals surface area contributed by atoms with Gasteiger partial charge in [-0.05, 0) is 35.7 Å². The zero-order valence-electron chi connectivity index (χ0n) is 19.2. The second kappa shape index (κ2) is 8.95. The molecule has 0 bridgehead atoms. The largest absolute Gasteiger partial charge is 0.465 e. The normalized spacial score (nSPS) is 19.8. The van der Waals surface area contributed by atoms with Gasteiger partial charge in [-0.25, -0.2) is 4.79 Å². The van der Waals surface area contributed by atoms with Crippen molar-refractivity contribution in [3.05, 3.63) is 70.9 Å². The van der Waals surface area contributed by atoms with Crippen molar-refractivity contribution in [3.8, 4) is 0 Å². The molecule has 2 aromatic carbocycles. The SMILES string of the molecule is COCCCN1CC(=O)N2[C@H](c3ccc(C(=O)OC)cc3)c3[nH]c4ccccc4c3C[C@@H]2C1=O. The fourth-order valence-corrected chi connectivity index (χ4v) is 5.18. The summed E-state index contributed by atoms with van der Waals surface area (Å²) in [6.07, 6.45) is 1.14. The number of para-hydroxylation sites is 1. The fourth-order valence-electron chi connectivity index (χ4n) is 5.18. The third-order valence-electron chi connectivity index (χ3n) is 6.77. The number of rotatable bonds is 6. The van der Waals surface area contributed by atoms with Crippen LogP contribution in [0.15, 0.2) is 48.5 Å². The molecule has 2 amide bonds. The summed E-state index contributed by atoms with van der Waals surface area (Å²) < 4.78 is 9.94. The number of fused-ring (bicyclic) bond motifs is 4. The van der Waals surface area contributed by atoms with Crippen molar-refractivity contribution in [2.24, 2.45) is 0 Å². The summed E-state index contributed by atoms with van der Waals surface area (Å²) >= 11 is 0. The molecule has 176 valence electrons. The van der Waals surface area contributed by atoms with E-state index in [-0.39, 0.29) is 18.4 Å². The second-order valence-electron chi connectivity index (χ2n) is 8.71. The van der Waals surface area contributed by atoms with Gasteiger partial charge < -0.3 is 24.3 Å². The van der Waals surface area contributed by atoms with Gasteiger partial charge in [-0.1, -0.05) is 30.3 Å². The Morgan fingerprint density at radius 3 is 2.59 bits per heavy atom. The van der Waals surface area contributed by atoms with Gasteiger partial charge in [-0.2, -0.15) is 0 Å². The predicted molar refractivity (Wildman–Crippen MR) is 125 cm³/mol. The van der Waals surface area contributed by atoms with Crippen LogP contribution in [0.25, 0.3) is 10.9 Å². The van der Waals surface area contributed by atoms with E-state index in [1.54, 1.807) is 29.0 Å². The summed E-state index contributed by atoms with van der Waals surface area (Å²) in [4.78, 5) is 45.8. The summed E-state index contributed by atoms with van der Waals surface area (Å²) in [7, 11) is 2.97. The monoisotopic (exact) mass is 461 g/mol. The topological polar surface area (TPSA) is 91.9 Å². The third kappa shape index (κ3) is 3.64. The quantitative estimate of drug-likeness (QED) is 0.450. The molecule has 1 saturated heterocycles. The van der Waals surface area contributed by atoms with Gasteiger partial charge >= 0.3 is 5.97 Å². The van der Waals surface area contributed by atoms with Crippen LogP contribution in [0.5, 0.6) is 0 Å². The van der Waals surface area contributed by atoms with Crippen molar-refractivity contribution >= 4 is 28.7 Å². The Morgan fingerprint density at radius 2 is 1.85 bits per heavy atom. The van der Waals surface area contributed by atoms with E-state index in [9.17, 15) is 14.4 Å². The first-order valence-electron chi connectivity index (χ1n) is 11.4. The molecule has 1 fully saturated rings. The van der Waals surface area contributed by atoms with Crippen LogP contribution in [0, 0.1) is 0 Å². The minimum atomic E-state index is -0.583. The molecule has 0 spiro atoms. The molecule has 1 aromatic heterocycles. The molecular formula is C26H27N3O5. The number of carbonyl (C=O) groups is 3. The number of hydrogen-bond acceptors (Lipinski definition) is 5. The highest BCUT2D eigenvalue weighted by Crippen LogP contribution is 2.42. The van der Waals surface area contributed by atoms with Crippen LogP contribution in [0.3, 0.4) is 0 Å². The lowest BCUT2D eigenvalue weighted by Gasteiger charge is -2.47. The highest BCUT2D eigenvalue weighted by molar-refractivity contribution is 5.97. The van der Waals surface area contributed by atoms with Crippen molar-refractivity contribution in [2.75, 3.05) is 33.9 Å². The van der Waals surface area contributed by atoms with Gasteiger partial charge in [0.25, 0.3) is 0 Å². The van der Waals surface area contributed by atoms with Gasteiger partial charge in [0.15, 0.2) is 0 Å². The summed E-state index contributed by atoms with van der Waals surface area (Å²) in [6.45, 7) is 1.07. The molecule has 1 N–H and O–H groups in total. The van der Waals surface area contributed by atoms with Crippen LogP contribution in [0.2, 0.25) is 0 Å². The molecule has 3 aromatic rings. The third-order valence-corrected chi connectivity index (χ3v) is 6.77. The lowest BCUT2D eigenvalue weighted by Crippen LogP contribution is -2.63. The number of ether oxygens (including phenoxy) is 2. The number of carbonyl (C=O) groups excluding carboxylic acids is 3. The predicted octanol–water partition coefficient (Wildman–Crippen LogP) is 2.68. The highest BCUT2D eigenvalue weighted by atomic mass is 16.5. The molecule has 2 atom stereocenters. The molecule has 3 heterocycles. The van der Waals surface area contributed by atoms with Crippen LogP contribution in [-0.2, 0) is 25.5 Å². The highest BCUT2D eigenvalue weighted by Gasteiger charge is 2.48. The van der Waals surface area contributed by atoms with Gasteiger partial charge in [0.05, 0.1) is 25.3 Å². The van der Waals surface area contributed by atoms with Crippen LogP contribution in [0.1, 0.15) is 39.6 Å². The van der Waals surface area contributed by atoms with E-state index in [4.69, 9.17) is 9.47 Å². The Morgan fingerprint density at radius 1 is 1.09 bits per heavy atom. The first-order valence-corrected chi connectivity index (χ1v) is 11.4. The molecule has 2 aliphatic rings. The smallest absolute Gasteiger partial charge is 0.337 e. The molecular weight excluding hydrogens is 434 g/mol. The molecule has 0 aliphatic carbocycles. The van der Waals surface area contributed by atoms with E-state index >= 15 is 0 Å². The number of nitrogens with one attached hydrogen (secondary N) is 1. The zero-order valence-corrected chi connectivity index (χ0v) is 19.2. The Bertz CT molecular complexity index is 1250. The van der Waals surface area contributed by atoms with Crippen molar-refractivity contribution in [1.82, 2.24) is 14.8 Å². The molecule has 8 nitrogen and oxygen atoms in total. The number of methoxy groups -OCH3 is 2. The molecule has 0 unspecified atom stereocenters. The van der Waals surface area contributed by atoms with E-state index in [1.165, 1.54) is 7.11 Å². The average Bonchev–Trinajstić information content (AvgIpc) is 3.24. The fraction of sp³-hybridized carbons (Fsp3) is 0.346. The second-order valence-corrected chi connectivity index (χ2v) is 8.71. The van der Waals surface area contributed by atoms with Gasteiger partial charge in [-0.15, -0.1) is 0 Å². The maximum absolute atomic E-state index is 13.5. The molecule has 0 radical (unpaired) electrons. The number of hydrogen-bond donors (Lipinski definition) is 1. The van der Waals surface area contributed by atoms with E-state index in [1.807, 2.05) is 36.4 Å². The average molecular weight is 462 g/mol. The van der Waals surface area contributed by atoms with E-state index in [2.05, 4.69) is 4.98 Å². The summed E-state index contributed by atoms with van der Waals surface area (Å²) in [5.74, 6) is -0.550. The first-order chi connectivity index (χ1) is 16.5. The maximum atomic E-state index is 13.5. The Labute approximate surface area is 197 Å². The number of aromatic amines is 1. The summed E-state index contributed by atoms with van der Waals surface area (Å²) in [6, 6.07) is 14.0. The number of piperazine rings is 1. The number of amides is 2. The molecule has 8 heteroatoms. The number of H-pyrrole nitrogens is 1. The van der Waals surface area contributed by atoms with Gasteiger partial charge in [-0.3, -0.25) is 9.59 Å². The molecule has 5 rings (SSSR count). The lowest BCUT2D eigenvalue weighted by atomic mass is 9.86. The number of aromatic nitrogens is 1. The summed E-state index contributed by atoms with van der Waals surface area (Å²) in [5, 5.41) is 1.06. The zero-order chi connectivity index (χ0) is 23.8. The van der Waals surface area contributed by atoms with Crippen molar-refractivity contribution < 1.29 is 23.9 Å². The van der Waals surface area contributed by atoms with Crippen LogP contribution in [-0.4, -0.2) is 72.5 Å². The van der Waals surface area contributed by atoms with Crippen molar-refractivity contribution in [1.29, 1.82) is 0 Å². The Hall–Kier alpha value is -3.65. The number of nitrogens with zero attached hydrogens (tertiary/aromatic N) is 2. The first kappa shape index (κ1) is 22.2. The van der Waals surface area contributed by atoms with Crippen LogP contribution < -0.4 is 0 Å². The lowest BCUT2D eigenvalue weighted by molar-refractivity contribution is -0.158. The Kier molecular flexibility index (Phi) is 5.83. The van der Waals surface area contributed by atoms with Gasteiger partial charge in [0, 0.05) is 43.3 Å². The summed E-state index contributed by atoms with van der Waals surface area (Å²) in [5.41, 5.74) is 4.21. The standard InChI is InChI=1S/C26H27N3O5/c1-33-13-5-12-28-15-22(30)29-21(25(28)31)14-19-18-6-3-4-7-20(18)27-23(19)24(29)16-8-10-17(11-9-16)26(32)34-2/h3-4,6-11,21,24,27H,5,12-15H2,1-2H3/t21-,24-/m1/s1. The van der Waals surface area contributed by atoms with E-state index in [0.717, 1.165) is 27.7 Å². The number of benzene rings is 2. The van der Waals surface area contributed by atoms with E-state index < -0.39 is 18.1 Å². The maximum Gasteiger partial charge on any atom is 0.337 e. The van der Waals surface area contributed by atoms with Crippen molar-refractivity contribution in [2.45, 2.75) is 24.9 Å². The van der Waals surface area contributed by atoms with Gasteiger partial charge in [0.2, 0.25) is 11.8 Å². The van der Waals surface area contributed by atoms with Crippen LogP contribution >= 0.6 is 0 Å². The van der Waals surface area contributed by atoms with E-state index in [0.29, 0.717) is 31.6 Å². The molecule has 2 aliphatic heterocycles. The Balaban J connectivity index is 1.59. The van der Waals surface area contributed by atoms with Gasteiger partial charge in [0.1, 0.15) is 6.04 Å². The molecule has 0 saturated carbocycles. The minimum absolute atomic E-state index is 0.0391. The molecule has 34 heavy (non-hydrogen) atoms. The minimum Gasteiger partial charge on any atom is -0.465 e. The van der Waals surface area contributed by atoms with Crippen LogP contribution in [0.4, 0.5) is 0 Å².